The molecule has 3 rings (SSSR count). The third kappa shape index (κ3) is 4.27. The molecule has 0 bridgehead atoms. The lowest BCUT2D eigenvalue weighted by molar-refractivity contribution is -0.270. The maximum absolute atomic E-state index is 13.3. The topological polar surface area (TPSA) is 62.2 Å². The quantitative estimate of drug-likeness (QED) is 0.793. The molecular formula is C19H18F4N2O2. The third-order valence-corrected chi connectivity index (χ3v) is 4.82. The Labute approximate surface area is 153 Å². The number of nitrogens with zero attached hydrogens (tertiary/aromatic N) is 1. The Hall–Kier alpha value is -2.48. The van der Waals surface area contributed by atoms with E-state index in [1.165, 1.54) is 24.4 Å². The van der Waals surface area contributed by atoms with E-state index in [1.807, 2.05) is 0 Å². The van der Waals surface area contributed by atoms with Crippen molar-refractivity contribution in [3.05, 3.63) is 54.0 Å². The van der Waals surface area contributed by atoms with Crippen molar-refractivity contribution in [2.45, 2.75) is 43.5 Å². The van der Waals surface area contributed by atoms with Gasteiger partial charge in [0.2, 0.25) is 0 Å². The summed E-state index contributed by atoms with van der Waals surface area (Å²) in [7, 11) is 0. The molecule has 0 atom stereocenters. The number of nitrogens with one attached hydrogen (secondary N) is 1. The van der Waals surface area contributed by atoms with Crippen LogP contribution in [0, 0.1) is 5.82 Å². The van der Waals surface area contributed by atoms with Crippen LogP contribution in [0.1, 0.15) is 36.0 Å². The smallest absolute Gasteiger partial charge is 0.380 e. The molecule has 144 valence electrons. The highest BCUT2D eigenvalue weighted by molar-refractivity contribution is 5.94. The molecule has 1 aromatic carbocycles. The summed E-state index contributed by atoms with van der Waals surface area (Å²) in [5.74, 6) is -0.844. The van der Waals surface area contributed by atoms with E-state index in [-0.39, 0.29) is 18.4 Å². The van der Waals surface area contributed by atoms with Crippen molar-refractivity contribution < 1.29 is 27.5 Å². The Morgan fingerprint density at radius 3 is 2.44 bits per heavy atom. The molecule has 0 spiro atoms. The molecule has 0 unspecified atom stereocenters. The first kappa shape index (κ1) is 19.3. The minimum absolute atomic E-state index is 0.0382. The van der Waals surface area contributed by atoms with E-state index >= 15 is 0 Å². The summed E-state index contributed by atoms with van der Waals surface area (Å²) < 4.78 is 51.7. The molecule has 0 radical (unpaired) electrons. The van der Waals surface area contributed by atoms with Gasteiger partial charge in [-0.1, -0.05) is 12.1 Å². The Morgan fingerprint density at radius 1 is 1.19 bits per heavy atom. The van der Waals surface area contributed by atoms with Crippen molar-refractivity contribution >= 4 is 5.91 Å². The average molecular weight is 382 g/mol. The molecule has 2 aromatic rings. The molecule has 0 aliphatic heterocycles. The molecular weight excluding hydrogens is 364 g/mol. The van der Waals surface area contributed by atoms with Gasteiger partial charge in [-0.2, -0.15) is 13.2 Å². The molecule has 8 heteroatoms. The van der Waals surface area contributed by atoms with Gasteiger partial charge in [0, 0.05) is 17.8 Å². The fraction of sp³-hybridized carbons (Fsp3) is 0.368. The molecule has 1 saturated carbocycles. The number of pyridine rings is 1. The van der Waals surface area contributed by atoms with Crippen molar-refractivity contribution in [3.63, 3.8) is 0 Å². The number of carbonyl (C=O) groups excluding carboxylic acids is 1. The zero-order valence-corrected chi connectivity index (χ0v) is 14.3. The number of aliphatic hydroxyl groups is 1. The van der Waals surface area contributed by atoms with Gasteiger partial charge >= 0.3 is 6.18 Å². The highest BCUT2D eigenvalue weighted by atomic mass is 19.4. The largest absolute Gasteiger partial charge is 0.417 e. The van der Waals surface area contributed by atoms with Gasteiger partial charge < -0.3 is 10.4 Å². The summed E-state index contributed by atoms with van der Waals surface area (Å²) in [4.78, 5) is 16.4. The van der Waals surface area contributed by atoms with Gasteiger partial charge in [0.15, 0.2) is 5.60 Å². The van der Waals surface area contributed by atoms with Crippen LogP contribution in [0.2, 0.25) is 0 Å². The first-order valence-corrected chi connectivity index (χ1v) is 8.50. The van der Waals surface area contributed by atoms with Gasteiger partial charge in [-0.05, 0) is 49.9 Å². The molecule has 1 aliphatic rings. The molecule has 2 N–H and O–H groups in total. The van der Waals surface area contributed by atoms with E-state index in [0.717, 1.165) is 0 Å². The summed E-state index contributed by atoms with van der Waals surface area (Å²) in [6.45, 7) is 0. The Balaban J connectivity index is 1.61. The second-order valence-corrected chi connectivity index (χ2v) is 6.72. The molecule has 27 heavy (non-hydrogen) atoms. The molecule has 1 amide bonds. The van der Waals surface area contributed by atoms with Crippen molar-refractivity contribution in [3.8, 4) is 11.3 Å². The zero-order chi connectivity index (χ0) is 19.7. The van der Waals surface area contributed by atoms with Crippen LogP contribution in [0.25, 0.3) is 11.3 Å². The van der Waals surface area contributed by atoms with Gasteiger partial charge in [-0.25, -0.2) is 4.39 Å². The molecule has 1 fully saturated rings. The van der Waals surface area contributed by atoms with Gasteiger partial charge in [0.25, 0.3) is 5.91 Å². The number of rotatable bonds is 3. The van der Waals surface area contributed by atoms with Crippen molar-refractivity contribution in [2.75, 3.05) is 0 Å². The van der Waals surface area contributed by atoms with Crippen LogP contribution < -0.4 is 5.32 Å². The molecule has 1 aromatic heterocycles. The van der Waals surface area contributed by atoms with E-state index in [1.54, 1.807) is 18.2 Å². The summed E-state index contributed by atoms with van der Waals surface area (Å²) in [6, 6.07) is 8.54. The van der Waals surface area contributed by atoms with Gasteiger partial charge in [-0.3, -0.25) is 9.78 Å². The number of hydrogen-bond acceptors (Lipinski definition) is 3. The molecule has 1 heterocycles. The second-order valence-electron chi connectivity index (χ2n) is 6.72. The van der Waals surface area contributed by atoms with E-state index < -0.39 is 42.4 Å². The second kappa shape index (κ2) is 7.26. The highest BCUT2D eigenvalue weighted by Crippen LogP contribution is 2.41. The van der Waals surface area contributed by atoms with E-state index in [2.05, 4.69) is 10.3 Å². The van der Waals surface area contributed by atoms with E-state index in [4.69, 9.17) is 0 Å². The third-order valence-electron chi connectivity index (χ3n) is 4.82. The lowest BCUT2D eigenvalue weighted by Gasteiger charge is -2.37. The summed E-state index contributed by atoms with van der Waals surface area (Å²) in [5, 5.41) is 12.3. The highest BCUT2D eigenvalue weighted by Gasteiger charge is 2.54. The lowest BCUT2D eigenvalue weighted by Crippen LogP contribution is -2.51. The molecule has 1 aliphatic carbocycles. The molecule has 4 nitrogen and oxygen atoms in total. The van der Waals surface area contributed by atoms with Crippen molar-refractivity contribution in [2.24, 2.45) is 0 Å². The number of hydrogen-bond donors (Lipinski definition) is 2. The predicted octanol–water partition coefficient (Wildman–Crippen LogP) is 3.85. The minimum Gasteiger partial charge on any atom is -0.380 e. The number of carbonyl (C=O) groups is 1. The lowest BCUT2D eigenvalue weighted by atomic mass is 9.81. The summed E-state index contributed by atoms with van der Waals surface area (Å²) >= 11 is 0. The predicted molar refractivity (Wildman–Crippen MR) is 90.4 cm³/mol. The van der Waals surface area contributed by atoms with Crippen LogP contribution in [0.5, 0.6) is 0 Å². The van der Waals surface area contributed by atoms with Crippen LogP contribution in [0.3, 0.4) is 0 Å². The Morgan fingerprint density at radius 2 is 1.89 bits per heavy atom. The minimum atomic E-state index is -4.67. The Bertz CT molecular complexity index is 813. The van der Waals surface area contributed by atoms with Gasteiger partial charge in [0.1, 0.15) is 5.82 Å². The molecule has 0 saturated heterocycles. The SMILES string of the molecule is O=C(N[C@H]1CC[C@](O)(C(F)(F)F)CC1)c1ccc(-c2cccc(F)c2)nc1. The van der Waals surface area contributed by atoms with Crippen LogP contribution >= 0.6 is 0 Å². The number of benzene rings is 1. The van der Waals surface area contributed by atoms with Gasteiger partial charge in [0.05, 0.1) is 11.3 Å². The first-order chi connectivity index (χ1) is 12.7. The fourth-order valence-electron chi connectivity index (χ4n) is 3.14. The normalized spacial score (nSPS) is 23.1. The number of amides is 1. The van der Waals surface area contributed by atoms with Crippen LogP contribution in [0.4, 0.5) is 17.6 Å². The maximum atomic E-state index is 13.3. The maximum Gasteiger partial charge on any atom is 0.417 e. The van der Waals surface area contributed by atoms with Crippen molar-refractivity contribution in [1.29, 1.82) is 0 Å². The number of aromatic nitrogens is 1. The monoisotopic (exact) mass is 382 g/mol. The van der Waals surface area contributed by atoms with Crippen LogP contribution in [-0.4, -0.2) is 33.8 Å². The average Bonchev–Trinajstić information content (AvgIpc) is 2.63. The van der Waals surface area contributed by atoms with Crippen LogP contribution in [-0.2, 0) is 0 Å². The first-order valence-electron chi connectivity index (χ1n) is 8.50. The van der Waals surface area contributed by atoms with E-state index in [0.29, 0.717) is 11.3 Å². The van der Waals surface area contributed by atoms with Crippen LogP contribution in [0.15, 0.2) is 42.6 Å². The van der Waals surface area contributed by atoms with Crippen molar-refractivity contribution in [1.82, 2.24) is 10.3 Å². The number of alkyl halides is 3. The summed E-state index contributed by atoms with van der Waals surface area (Å²) in [5.41, 5.74) is -1.35. The fourth-order valence-corrected chi connectivity index (χ4v) is 3.14. The zero-order valence-electron chi connectivity index (χ0n) is 14.3. The van der Waals surface area contributed by atoms with Gasteiger partial charge in [-0.15, -0.1) is 0 Å². The Kier molecular flexibility index (Phi) is 5.19. The standard InChI is InChI=1S/C19H18F4N2O2/c20-14-3-1-2-12(10-14)16-5-4-13(11-24-16)17(26)25-15-6-8-18(27,9-7-15)19(21,22)23/h1-5,10-11,15,27H,6-9H2,(H,25,26)/t15-,18+. The van der Waals surface area contributed by atoms with E-state index in [9.17, 15) is 27.5 Å². The summed E-state index contributed by atoms with van der Waals surface area (Å²) in [6.07, 6.45) is -4.15. The number of halogens is 4.